The quantitative estimate of drug-likeness (QED) is 0.590. The van der Waals surface area contributed by atoms with Gasteiger partial charge in [0.2, 0.25) is 5.13 Å². The maximum Gasteiger partial charge on any atom is 0.286 e. The van der Waals surface area contributed by atoms with E-state index >= 15 is 0 Å². The number of benzene rings is 1. The van der Waals surface area contributed by atoms with Crippen LogP contribution in [-0.2, 0) is 0 Å². The van der Waals surface area contributed by atoms with Gasteiger partial charge in [-0.2, -0.15) is 0 Å². The van der Waals surface area contributed by atoms with Crippen molar-refractivity contribution in [2.24, 2.45) is 0 Å². The number of nitro benzene ring substituents is 1. The normalized spacial score (nSPS) is 10.6. The molecule has 1 heterocycles. The molecule has 134 valence electrons. The predicted molar refractivity (Wildman–Crippen MR) is 92.8 cm³/mol. The Hall–Kier alpha value is -2.75. The van der Waals surface area contributed by atoms with Crippen molar-refractivity contribution in [3.8, 4) is 11.5 Å². The molecule has 9 nitrogen and oxygen atoms in total. The molecule has 0 aliphatic heterocycles. The van der Waals surface area contributed by atoms with E-state index in [4.69, 9.17) is 9.47 Å². The molecule has 2 aromatic rings. The third kappa shape index (κ3) is 4.21. The van der Waals surface area contributed by atoms with Gasteiger partial charge in [-0.05, 0) is 6.92 Å². The molecule has 1 aromatic heterocycles. The number of carbonyl (C=O) groups excluding carboxylic acids is 1. The standard InChI is InChI=1S/C15H18N4O5S/c1-5-24-12-6-9(10(19(21)22)7-11(12)23-4)13(20)16-15-18-17-14(25-15)8(2)3/h6-8H,5H2,1-4H3,(H,16,18,20). The van der Waals surface area contributed by atoms with Gasteiger partial charge in [-0.25, -0.2) is 0 Å². The smallest absolute Gasteiger partial charge is 0.286 e. The second-order valence-electron chi connectivity index (χ2n) is 5.26. The summed E-state index contributed by atoms with van der Waals surface area (Å²) >= 11 is 1.22. The second kappa shape index (κ2) is 7.88. The molecule has 25 heavy (non-hydrogen) atoms. The summed E-state index contributed by atoms with van der Waals surface area (Å²) < 4.78 is 10.5. The molecule has 0 radical (unpaired) electrons. The zero-order chi connectivity index (χ0) is 18.6. The number of amides is 1. The van der Waals surface area contributed by atoms with E-state index < -0.39 is 10.8 Å². The van der Waals surface area contributed by atoms with Crippen molar-refractivity contribution in [2.45, 2.75) is 26.7 Å². The molecule has 0 atom stereocenters. The highest BCUT2D eigenvalue weighted by Crippen LogP contribution is 2.35. The number of nitrogens with one attached hydrogen (secondary N) is 1. The zero-order valence-corrected chi connectivity index (χ0v) is 15.0. The molecule has 0 spiro atoms. The summed E-state index contributed by atoms with van der Waals surface area (Å²) in [6.45, 7) is 5.99. The van der Waals surface area contributed by atoms with Crippen LogP contribution in [0.5, 0.6) is 11.5 Å². The molecule has 0 aliphatic carbocycles. The van der Waals surface area contributed by atoms with Crippen molar-refractivity contribution in [1.29, 1.82) is 0 Å². The molecule has 0 bridgehead atoms. The molecular weight excluding hydrogens is 348 g/mol. The molecule has 2 rings (SSSR count). The molecule has 0 aliphatic rings. The topological polar surface area (TPSA) is 116 Å². The van der Waals surface area contributed by atoms with Crippen LogP contribution in [0.4, 0.5) is 10.8 Å². The maximum absolute atomic E-state index is 12.5. The van der Waals surface area contributed by atoms with Crippen molar-refractivity contribution in [2.75, 3.05) is 19.0 Å². The van der Waals surface area contributed by atoms with Crippen LogP contribution in [-0.4, -0.2) is 34.7 Å². The summed E-state index contributed by atoms with van der Waals surface area (Å²) in [5, 5.41) is 22.7. The van der Waals surface area contributed by atoms with Gasteiger partial charge in [0.25, 0.3) is 11.6 Å². The van der Waals surface area contributed by atoms with Crippen molar-refractivity contribution >= 4 is 28.1 Å². The number of anilines is 1. The van der Waals surface area contributed by atoms with E-state index in [-0.39, 0.29) is 33.8 Å². The monoisotopic (exact) mass is 366 g/mol. The fourth-order valence-corrected chi connectivity index (χ4v) is 2.73. The van der Waals surface area contributed by atoms with E-state index in [0.29, 0.717) is 6.61 Å². The van der Waals surface area contributed by atoms with Crippen LogP contribution < -0.4 is 14.8 Å². The summed E-state index contributed by atoms with van der Waals surface area (Å²) in [5.74, 6) is -0.0613. The molecule has 1 aromatic carbocycles. The van der Waals surface area contributed by atoms with Crippen molar-refractivity contribution in [1.82, 2.24) is 10.2 Å². The number of aromatic nitrogens is 2. The Morgan fingerprint density at radius 2 is 2.08 bits per heavy atom. The highest BCUT2D eigenvalue weighted by atomic mass is 32.1. The Kier molecular flexibility index (Phi) is 5.86. The van der Waals surface area contributed by atoms with E-state index in [2.05, 4.69) is 15.5 Å². The Balaban J connectivity index is 2.38. The van der Waals surface area contributed by atoms with Gasteiger partial charge in [0, 0.05) is 12.0 Å². The van der Waals surface area contributed by atoms with Crippen molar-refractivity contribution in [3.05, 3.63) is 32.8 Å². The van der Waals surface area contributed by atoms with Crippen LogP contribution in [0.3, 0.4) is 0 Å². The third-order valence-corrected chi connectivity index (χ3v) is 4.32. The molecule has 0 saturated heterocycles. The fourth-order valence-electron chi connectivity index (χ4n) is 1.99. The number of methoxy groups -OCH3 is 1. The lowest BCUT2D eigenvalue weighted by Gasteiger charge is -2.11. The van der Waals surface area contributed by atoms with Gasteiger partial charge in [-0.15, -0.1) is 10.2 Å². The minimum absolute atomic E-state index is 0.143. The lowest BCUT2D eigenvalue weighted by Crippen LogP contribution is -2.14. The van der Waals surface area contributed by atoms with Gasteiger partial charge in [0.1, 0.15) is 10.6 Å². The first-order valence-corrected chi connectivity index (χ1v) is 8.33. The molecule has 1 N–H and O–H groups in total. The highest BCUT2D eigenvalue weighted by Gasteiger charge is 2.25. The predicted octanol–water partition coefficient (Wildman–Crippen LogP) is 3.23. The van der Waals surface area contributed by atoms with E-state index in [1.54, 1.807) is 6.92 Å². The van der Waals surface area contributed by atoms with Crippen LogP contribution in [0.2, 0.25) is 0 Å². The van der Waals surface area contributed by atoms with Gasteiger partial charge < -0.3 is 9.47 Å². The fraction of sp³-hybridized carbons (Fsp3) is 0.400. The molecule has 0 unspecified atom stereocenters. The van der Waals surface area contributed by atoms with Crippen molar-refractivity contribution in [3.63, 3.8) is 0 Å². The first-order valence-electron chi connectivity index (χ1n) is 7.51. The van der Waals surface area contributed by atoms with Gasteiger partial charge >= 0.3 is 0 Å². The van der Waals surface area contributed by atoms with Gasteiger partial charge in [-0.1, -0.05) is 25.2 Å². The minimum atomic E-state index is -0.665. The summed E-state index contributed by atoms with van der Waals surface area (Å²) in [7, 11) is 1.37. The SMILES string of the molecule is CCOc1cc(C(=O)Nc2nnc(C(C)C)s2)c([N+](=O)[O-])cc1OC. The van der Waals surface area contributed by atoms with Crippen LogP contribution in [0.1, 0.15) is 42.1 Å². The van der Waals surface area contributed by atoms with E-state index in [9.17, 15) is 14.9 Å². The first-order chi connectivity index (χ1) is 11.9. The lowest BCUT2D eigenvalue weighted by molar-refractivity contribution is -0.385. The average molecular weight is 366 g/mol. The van der Waals surface area contributed by atoms with Gasteiger partial charge in [0.15, 0.2) is 11.5 Å². The maximum atomic E-state index is 12.5. The number of hydrogen-bond donors (Lipinski definition) is 1. The third-order valence-electron chi connectivity index (χ3n) is 3.18. The Morgan fingerprint density at radius 1 is 1.36 bits per heavy atom. The molecule has 10 heteroatoms. The van der Waals surface area contributed by atoms with Gasteiger partial charge in [0.05, 0.1) is 24.7 Å². The lowest BCUT2D eigenvalue weighted by atomic mass is 10.1. The van der Waals surface area contributed by atoms with Crippen LogP contribution in [0, 0.1) is 10.1 Å². The number of hydrogen-bond acceptors (Lipinski definition) is 8. The molecule has 0 saturated carbocycles. The summed E-state index contributed by atoms with van der Waals surface area (Å²) in [5.41, 5.74) is -0.526. The minimum Gasteiger partial charge on any atom is -0.493 e. The Labute approximate surface area is 148 Å². The summed E-state index contributed by atoms with van der Waals surface area (Å²) in [6.07, 6.45) is 0. The number of ether oxygens (including phenoxy) is 2. The zero-order valence-electron chi connectivity index (χ0n) is 14.2. The van der Waals surface area contributed by atoms with Crippen LogP contribution >= 0.6 is 11.3 Å². The van der Waals surface area contributed by atoms with E-state index in [1.807, 2.05) is 13.8 Å². The van der Waals surface area contributed by atoms with Crippen molar-refractivity contribution < 1.29 is 19.2 Å². The Morgan fingerprint density at radius 3 is 2.60 bits per heavy atom. The Bertz CT molecular complexity index is 790. The molecule has 0 fully saturated rings. The largest absolute Gasteiger partial charge is 0.493 e. The number of carbonyl (C=O) groups is 1. The van der Waals surface area contributed by atoms with Gasteiger partial charge in [-0.3, -0.25) is 20.2 Å². The number of nitro groups is 1. The highest BCUT2D eigenvalue weighted by molar-refractivity contribution is 7.15. The summed E-state index contributed by atoms with van der Waals surface area (Å²) in [4.78, 5) is 23.2. The van der Waals surface area contributed by atoms with E-state index in [1.165, 1.54) is 30.6 Å². The number of nitrogens with zero attached hydrogens (tertiary/aromatic N) is 3. The molecule has 1 amide bonds. The second-order valence-corrected chi connectivity index (χ2v) is 6.27. The van der Waals surface area contributed by atoms with Crippen LogP contribution in [0.15, 0.2) is 12.1 Å². The first kappa shape index (κ1) is 18.6. The summed E-state index contributed by atoms with van der Waals surface area (Å²) in [6, 6.07) is 2.46. The van der Waals surface area contributed by atoms with Crippen LogP contribution in [0.25, 0.3) is 0 Å². The number of rotatable bonds is 7. The average Bonchev–Trinajstić information content (AvgIpc) is 3.03. The van der Waals surface area contributed by atoms with E-state index in [0.717, 1.165) is 5.01 Å². The molecular formula is C15H18N4O5S.